The third-order valence-electron chi connectivity index (χ3n) is 2.94. The second kappa shape index (κ2) is 3.69. The van der Waals surface area contributed by atoms with Gasteiger partial charge in [-0.15, -0.1) is 10.2 Å². The Balaban J connectivity index is 2.33. The van der Waals surface area contributed by atoms with E-state index in [4.69, 9.17) is 5.73 Å². The molecule has 0 bridgehead atoms. The monoisotopic (exact) mass is 194 g/mol. The minimum Gasteiger partial charge on any atom is -0.324 e. The number of rotatable bonds is 4. The lowest BCUT2D eigenvalue weighted by molar-refractivity contribution is 0.583. The van der Waals surface area contributed by atoms with E-state index in [1.165, 1.54) is 12.8 Å². The summed E-state index contributed by atoms with van der Waals surface area (Å²) in [6.07, 6.45) is 3.62. The van der Waals surface area contributed by atoms with Gasteiger partial charge in [0.2, 0.25) is 0 Å². The average Bonchev–Trinajstić information content (AvgIpc) is 2.96. The lowest BCUT2D eigenvalue weighted by Gasteiger charge is -2.11. The summed E-state index contributed by atoms with van der Waals surface area (Å²) in [7, 11) is 0. The van der Waals surface area contributed by atoms with Gasteiger partial charge in [0.15, 0.2) is 0 Å². The lowest BCUT2D eigenvalue weighted by atomic mass is 10.1. The molecule has 1 atom stereocenters. The zero-order valence-corrected chi connectivity index (χ0v) is 8.90. The van der Waals surface area contributed by atoms with Crippen molar-refractivity contribution in [3.05, 3.63) is 11.6 Å². The van der Waals surface area contributed by atoms with Gasteiger partial charge in [-0.05, 0) is 19.3 Å². The fraction of sp³-hybridized carbons (Fsp3) is 0.800. The molecule has 1 aliphatic carbocycles. The molecule has 0 aliphatic heterocycles. The lowest BCUT2D eigenvalue weighted by Crippen LogP contribution is -2.11. The summed E-state index contributed by atoms with van der Waals surface area (Å²) >= 11 is 0. The van der Waals surface area contributed by atoms with Crippen molar-refractivity contribution in [3.8, 4) is 0 Å². The predicted molar refractivity (Wildman–Crippen MR) is 54.9 cm³/mol. The van der Waals surface area contributed by atoms with Crippen molar-refractivity contribution in [2.45, 2.75) is 51.6 Å². The van der Waals surface area contributed by atoms with Crippen LogP contribution < -0.4 is 5.73 Å². The first-order valence-corrected chi connectivity index (χ1v) is 5.41. The molecular weight excluding hydrogens is 176 g/mol. The molecule has 1 heterocycles. The summed E-state index contributed by atoms with van der Waals surface area (Å²) in [5.41, 5.74) is 5.65. The number of hydrogen-bond acceptors (Lipinski definition) is 3. The molecule has 4 heteroatoms. The van der Waals surface area contributed by atoms with Gasteiger partial charge in [0.1, 0.15) is 11.6 Å². The predicted octanol–water partition coefficient (Wildman–Crippen LogP) is 1.59. The number of nitrogens with zero attached hydrogens (tertiary/aromatic N) is 3. The molecule has 1 aliphatic rings. The van der Waals surface area contributed by atoms with E-state index in [9.17, 15) is 0 Å². The highest BCUT2D eigenvalue weighted by molar-refractivity contribution is 5.06. The van der Waals surface area contributed by atoms with Crippen LogP contribution in [0.1, 0.15) is 56.7 Å². The summed E-state index contributed by atoms with van der Waals surface area (Å²) in [5.74, 6) is 2.56. The summed E-state index contributed by atoms with van der Waals surface area (Å²) in [5, 5.41) is 8.40. The second-order valence-corrected chi connectivity index (χ2v) is 4.09. The minimum atomic E-state index is 0.489. The normalized spacial score (nSPS) is 18.5. The SMILES string of the molecule is CCC(C)c1nnc(CN)n1C1CC1. The van der Waals surface area contributed by atoms with Crippen molar-refractivity contribution in [1.82, 2.24) is 14.8 Å². The van der Waals surface area contributed by atoms with E-state index < -0.39 is 0 Å². The van der Waals surface area contributed by atoms with E-state index >= 15 is 0 Å². The van der Waals surface area contributed by atoms with Crippen molar-refractivity contribution in [3.63, 3.8) is 0 Å². The summed E-state index contributed by atoms with van der Waals surface area (Å²) in [6.45, 7) is 4.88. The van der Waals surface area contributed by atoms with Gasteiger partial charge in [-0.2, -0.15) is 0 Å². The maximum absolute atomic E-state index is 5.65. The molecule has 1 aromatic rings. The van der Waals surface area contributed by atoms with Crippen LogP contribution in [-0.2, 0) is 6.54 Å². The maximum atomic E-state index is 5.65. The fourth-order valence-corrected chi connectivity index (χ4v) is 1.73. The van der Waals surface area contributed by atoms with Crippen LogP contribution in [0, 0.1) is 0 Å². The van der Waals surface area contributed by atoms with Crippen LogP contribution in [0.25, 0.3) is 0 Å². The molecule has 0 amide bonds. The van der Waals surface area contributed by atoms with Crippen molar-refractivity contribution in [2.24, 2.45) is 5.73 Å². The van der Waals surface area contributed by atoms with Crippen molar-refractivity contribution < 1.29 is 0 Å². The fourth-order valence-electron chi connectivity index (χ4n) is 1.73. The topological polar surface area (TPSA) is 56.7 Å². The van der Waals surface area contributed by atoms with Gasteiger partial charge in [0, 0.05) is 12.0 Å². The Morgan fingerprint density at radius 1 is 1.50 bits per heavy atom. The number of nitrogens with two attached hydrogens (primary N) is 1. The van der Waals surface area contributed by atoms with E-state index in [0.717, 1.165) is 18.1 Å². The largest absolute Gasteiger partial charge is 0.324 e. The summed E-state index contributed by atoms with van der Waals surface area (Å²) in [6, 6.07) is 0.632. The molecular formula is C10H18N4. The standard InChI is InChI=1S/C10H18N4/c1-3-7(2)10-13-12-9(6-11)14(10)8-4-5-8/h7-8H,3-6,11H2,1-2H3. The molecule has 0 radical (unpaired) electrons. The molecule has 1 saturated carbocycles. The molecule has 0 spiro atoms. The zero-order chi connectivity index (χ0) is 10.1. The Labute approximate surface area is 84.5 Å². The molecule has 14 heavy (non-hydrogen) atoms. The third-order valence-corrected chi connectivity index (χ3v) is 2.94. The zero-order valence-electron chi connectivity index (χ0n) is 8.90. The molecule has 0 saturated heterocycles. The van der Waals surface area contributed by atoms with E-state index in [1.54, 1.807) is 0 Å². The van der Waals surface area contributed by atoms with Gasteiger partial charge in [0.25, 0.3) is 0 Å². The molecule has 2 rings (SSSR count). The molecule has 78 valence electrons. The first kappa shape index (κ1) is 9.65. The van der Waals surface area contributed by atoms with Crippen molar-refractivity contribution in [1.29, 1.82) is 0 Å². The molecule has 1 aromatic heterocycles. The Morgan fingerprint density at radius 3 is 2.71 bits per heavy atom. The Kier molecular flexibility index (Phi) is 2.54. The highest BCUT2D eigenvalue weighted by atomic mass is 15.3. The van der Waals surface area contributed by atoms with Crippen LogP contribution in [0.5, 0.6) is 0 Å². The molecule has 2 N–H and O–H groups in total. The van der Waals surface area contributed by atoms with Gasteiger partial charge in [-0.25, -0.2) is 0 Å². The molecule has 1 unspecified atom stereocenters. The molecule has 4 nitrogen and oxygen atoms in total. The summed E-state index contributed by atoms with van der Waals surface area (Å²) in [4.78, 5) is 0. The quantitative estimate of drug-likeness (QED) is 0.791. The van der Waals surface area contributed by atoms with E-state index in [-0.39, 0.29) is 0 Å². The minimum absolute atomic E-state index is 0.489. The van der Waals surface area contributed by atoms with E-state index in [1.807, 2.05) is 0 Å². The van der Waals surface area contributed by atoms with E-state index in [2.05, 4.69) is 28.6 Å². The highest BCUT2D eigenvalue weighted by Crippen LogP contribution is 2.38. The number of aromatic nitrogens is 3. The van der Waals surface area contributed by atoms with Gasteiger partial charge in [0.05, 0.1) is 6.54 Å². The third kappa shape index (κ3) is 1.54. The summed E-state index contributed by atoms with van der Waals surface area (Å²) < 4.78 is 2.26. The van der Waals surface area contributed by atoms with Crippen LogP contribution in [0.2, 0.25) is 0 Å². The van der Waals surface area contributed by atoms with Gasteiger partial charge in [-0.1, -0.05) is 13.8 Å². The van der Waals surface area contributed by atoms with Crippen LogP contribution in [0.3, 0.4) is 0 Å². The van der Waals surface area contributed by atoms with Crippen molar-refractivity contribution >= 4 is 0 Å². The van der Waals surface area contributed by atoms with Crippen molar-refractivity contribution in [2.75, 3.05) is 0 Å². The van der Waals surface area contributed by atoms with Crippen LogP contribution in [0.4, 0.5) is 0 Å². The average molecular weight is 194 g/mol. The highest BCUT2D eigenvalue weighted by Gasteiger charge is 2.30. The maximum Gasteiger partial charge on any atom is 0.147 e. The Bertz CT molecular complexity index is 314. The van der Waals surface area contributed by atoms with E-state index in [0.29, 0.717) is 18.5 Å². The van der Waals surface area contributed by atoms with Crippen LogP contribution in [-0.4, -0.2) is 14.8 Å². The smallest absolute Gasteiger partial charge is 0.147 e. The second-order valence-electron chi connectivity index (χ2n) is 4.09. The first-order valence-electron chi connectivity index (χ1n) is 5.41. The van der Waals surface area contributed by atoms with Crippen LogP contribution >= 0.6 is 0 Å². The Morgan fingerprint density at radius 2 is 2.21 bits per heavy atom. The first-order chi connectivity index (χ1) is 6.77. The molecule has 0 aromatic carbocycles. The van der Waals surface area contributed by atoms with Crippen LogP contribution in [0.15, 0.2) is 0 Å². The van der Waals surface area contributed by atoms with Gasteiger partial charge in [-0.3, -0.25) is 0 Å². The Hall–Kier alpha value is -0.900. The molecule has 1 fully saturated rings. The van der Waals surface area contributed by atoms with Gasteiger partial charge >= 0.3 is 0 Å². The number of hydrogen-bond donors (Lipinski definition) is 1. The van der Waals surface area contributed by atoms with Gasteiger partial charge < -0.3 is 10.3 Å².